The first-order chi connectivity index (χ1) is 11.9. The lowest BCUT2D eigenvalue weighted by molar-refractivity contribution is -0.114. The van der Waals surface area contributed by atoms with Gasteiger partial charge in [0.25, 0.3) is 0 Å². The summed E-state index contributed by atoms with van der Waals surface area (Å²) in [5, 5.41) is 2.66. The molecule has 0 atom stereocenters. The molecule has 0 fully saturated rings. The quantitative estimate of drug-likeness (QED) is 0.484. The van der Waals surface area contributed by atoms with E-state index in [1.807, 2.05) is 6.26 Å². The summed E-state index contributed by atoms with van der Waals surface area (Å²) in [6, 6.07) is 9.86. The van der Waals surface area contributed by atoms with Gasteiger partial charge in [0.05, 0.1) is 11.3 Å². The topological polar surface area (TPSA) is 72.5 Å². The number of benzene rings is 2. The molecule has 1 amide bonds. The summed E-state index contributed by atoms with van der Waals surface area (Å²) in [6.07, 6.45) is 1.85. The van der Waals surface area contributed by atoms with Crippen LogP contribution in [0.3, 0.4) is 0 Å². The molecule has 0 bridgehead atoms. The van der Waals surface area contributed by atoms with Crippen molar-refractivity contribution in [3.8, 4) is 0 Å². The smallest absolute Gasteiger partial charge is 0.338 e. The van der Waals surface area contributed by atoms with Gasteiger partial charge >= 0.3 is 5.97 Å². The Balaban J connectivity index is 2.07. The first-order valence-electron chi connectivity index (χ1n) is 7.32. The van der Waals surface area contributed by atoms with Crippen molar-refractivity contribution >= 4 is 35.1 Å². The minimum absolute atomic E-state index is 0.0319. The zero-order valence-electron chi connectivity index (χ0n) is 13.7. The van der Waals surface area contributed by atoms with Crippen LogP contribution >= 0.6 is 11.8 Å². The number of ketones is 1. The van der Waals surface area contributed by atoms with Crippen molar-refractivity contribution in [2.45, 2.75) is 11.8 Å². The van der Waals surface area contributed by atoms with Gasteiger partial charge in [-0.3, -0.25) is 9.59 Å². The number of ether oxygens (including phenoxy) is 1. The van der Waals surface area contributed by atoms with E-state index in [1.54, 1.807) is 12.1 Å². The normalized spacial score (nSPS) is 10.2. The zero-order chi connectivity index (χ0) is 18.4. The molecule has 0 radical (unpaired) electrons. The number of hydrogen-bond acceptors (Lipinski definition) is 5. The molecular formula is C18H16FNO4S. The van der Waals surface area contributed by atoms with Crippen LogP contribution in [-0.4, -0.2) is 30.5 Å². The molecule has 25 heavy (non-hydrogen) atoms. The third-order valence-electron chi connectivity index (χ3n) is 3.23. The van der Waals surface area contributed by atoms with Crippen LogP contribution in [0.5, 0.6) is 0 Å². The summed E-state index contributed by atoms with van der Waals surface area (Å²) in [5.41, 5.74) is 0.848. The second-order valence-electron chi connectivity index (χ2n) is 5.11. The average molecular weight is 361 g/mol. The van der Waals surface area contributed by atoms with Crippen LogP contribution in [-0.2, 0) is 9.53 Å². The van der Waals surface area contributed by atoms with Gasteiger partial charge in [0, 0.05) is 17.4 Å². The highest BCUT2D eigenvalue weighted by molar-refractivity contribution is 7.98. The Morgan fingerprint density at radius 2 is 1.88 bits per heavy atom. The lowest BCUT2D eigenvalue weighted by Crippen LogP contribution is -2.15. The maximum atomic E-state index is 13.1. The molecule has 2 aromatic rings. The number of amides is 1. The van der Waals surface area contributed by atoms with Crippen LogP contribution in [0.25, 0.3) is 0 Å². The van der Waals surface area contributed by atoms with Gasteiger partial charge in [0.2, 0.25) is 5.91 Å². The summed E-state index contributed by atoms with van der Waals surface area (Å²) < 4.78 is 18.0. The van der Waals surface area contributed by atoms with Crippen molar-refractivity contribution in [3.05, 3.63) is 59.4 Å². The fourth-order valence-corrected chi connectivity index (χ4v) is 2.62. The van der Waals surface area contributed by atoms with Crippen molar-refractivity contribution in [3.63, 3.8) is 0 Å². The molecule has 0 spiro atoms. The lowest BCUT2D eigenvalue weighted by Gasteiger charge is -2.10. The SMILES string of the molecule is CSc1ccc(C(=O)COC(=O)c2cccc(F)c2)cc1NC(C)=O. The number of halogens is 1. The molecule has 7 heteroatoms. The monoisotopic (exact) mass is 361 g/mol. The van der Waals surface area contributed by atoms with Gasteiger partial charge in [-0.1, -0.05) is 12.1 Å². The number of rotatable bonds is 6. The van der Waals surface area contributed by atoms with Crippen molar-refractivity contribution in [1.29, 1.82) is 0 Å². The van der Waals surface area contributed by atoms with Crippen molar-refractivity contribution in [2.24, 2.45) is 0 Å². The Morgan fingerprint density at radius 1 is 1.12 bits per heavy atom. The Labute approximate surface area is 148 Å². The number of nitrogens with one attached hydrogen (secondary N) is 1. The molecule has 0 aliphatic heterocycles. The average Bonchev–Trinajstić information content (AvgIpc) is 2.58. The van der Waals surface area contributed by atoms with Crippen molar-refractivity contribution in [2.75, 3.05) is 18.2 Å². The maximum Gasteiger partial charge on any atom is 0.338 e. The van der Waals surface area contributed by atoms with Crippen LogP contribution in [0, 0.1) is 5.82 Å². The van der Waals surface area contributed by atoms with Gasteiger partial charge in [-0.2, -0.15) is 0 Å². The van der Waals surface area contributed by atoms with E-state index >= 15 is 0 Å². The van der Waals surface area contributed by atoms with E-state index in [-0.39, 0.29) is 11.5 Å². The van der Waals surface area contributed by atoms with Gasteiger partial charge < -0.3 is 10.1 Å². The Morgan fingerprint density at radius 3 is 2.52 bits per heavy atom. The first kappa shape index (κ1) is 18.7. The Hall–Kier alpha value is -2.67. The van der Waals surface area contributed by atoms with Gasteiger partial charge in [-0.25, -0.2) is 9.18 Å². The third-order valence-corrected chi connectivity index (χ3v) is 4.02. The Kier molecular flexibility index (Phi) is 6.30. The predicted octanol–water partition coefficient (Wildman–Crippen LogP) is 3.55. The predicted molar refractivity (Wildman–Crippen MR) is 93.5 cm³/mol. The minimum atomic E-state index is -0.782. The molecule has 0 saturated heterocycles. The summed E-state index contributed by atoms with van der Waals surface area (Å²) in [6.45, 7) is 0.896. The van der Waals surface area contributed by atoms with E-state index < -0.39 is 24.2 Å². The van der Waals surface area contributed by atoms with Gasteiger partial charge in [-0.05, 0) is 36.6 Å². The van der Waals surface area contributed by atoms with Crippen LogP contribution in [0.4, 0.5) is 10.1 Å². The summed E-state index contributed by atoms with van der Waals surface area (Å²) in [4.78, 5) is 36.1. The molecule has 0 aromatic heterocycles. The molecule has 2 aromatic carbocycles. The number of thioether (sulfide) groups is 1. The minimum Gasteiger partial charge on any atom is -0.454 e. The van der Waals surface area contributed by atoms with E-state index in [4.69, 9.17) is 4.74 Å². The van der Waals surface area contributed by atoms with Gasteiger partial charge in [0.15, 0.2) is 12.4 Å². The second kappa shape index (κ2) is 8.43. The molecule has 1 N–H and O–H groups in total. The zero-order valence-corrected chi connectivity index (χ0v) is 14.5. The van der Waals surface area contributed by atoms with Gasteiger partial charge in [-0.15, -0.1) is 11.8 Å². The highest BCUT2D eigenvalue weighted by Gasteiger charge is 2.14. The first-order valence-corrected chi connectivity index (χ1v) is 8.54. The number of hydrogen-bond donors (Lipinski definition) is 1. The standard InChI is InChI=1S/C18H16FNO4S/c1-11(21)20-15-9-12(6-7-17(15)25-2)16(22)10-24-18(23)13-4-3-5-14(19)8-13/h3-9H,10H2,1-2H3,(H,20,21). The molecule has 0 unspecified atom stereocenters. The number of esters is 1. The third kappa shape index (κ3) is 5.15. The van der Waals surface area contributed by atoms with E-state index in [9.17, 15) is 18.8 Å². The summed E-state index contributed by atoms with van der Waals surface area (Å²) in [5.74, 6) is -2.02. The van der Waals surface area contributed by atoms with Crippen molar-refractivity contribution < 1.29 is 23.5 Å². The largest absolute Gasteiger partial charge is 0.454 e. The van der Waals surface area contributed by atoms with E-state index in [1.165, 1.54) is 43.0 Å². The Bertz CT molecular complexity index is 822. The molecule has 0 heterocycles. The lowest BCUT2D eigenvalue weighted by atomic mass is 10.1. The molecule has 0 aliphatic rings. The molecule has 0 aliphatic carbocycles. The fraction of sp³-hybridized carbons (Fsp3) is 0.167. The second-order valence-corrected chi connectivity index (χ2v) is 5.95. The molecule has 130 valence electrons. The van der Waals surface area contributed by atoms with Crippen LogP contribution in [0.15, 0.2) is 47.4 Å². The fourth-order valence-electron chi connectivity index (χ4n) is 2.08. The van der Waals surface area contributed by atoms with E-state index in [2.05, 4.69) is 5.32 Å². The van der Waals surface area contributed by atoms with E-state index in [0.29, 0.717) is 11.3 Å². The molecular weight excluding hydrogens is 345 g/mol. The highest BCUT2D eigenvalue weighted by Crippen LogP contribution is 2.26. The molecule has 2 rings (SSSR count). The van der Waals surface area contributed by atoms with Crippen LogP contribution in [0.1, 0.15) is 27.6 Å². The van der Waals surface area contributed by atoms with Crippen LogP contribution < -0.4 is 5.32 Å². The van der Waals surface area contributed by atoms with Crippen LogP contribution in [0.2, 0.25) is 0 Å². The number of anilines is 1. The molecule has 0 saturated carbocycles. The van der Waals surface area contributed by atoms with Gasteiger partial charge in [0.1, 0.15) is 5.82 Å². The highest BCUT2D eigenvalue weighted by atomic mass is 32.2. The number of Topliss-reactive ketones (excluding diaryl/α,β-unsaturated/α-hetero) is 1. The number of carbonyl (C=O) groups excluding carboxylic acids is 3. The summed E-state index contributed by atoms with van der Waals surface area (Å²) in [7, 11) is 0. The van der Waals surface area contributed by atoms with Crippen molar-refractivity contribution in [1.82, 2.24) is 0 Å². The summed E-state index contributed by atoms with van der Waals surface area (Å²) >= 11 is 1.43. The van der Waals surface area contributed by atoms with E-state index in [0.717, 1.165) is 11.0 Å². The molecule has 5 nitrogen and oxygen atoms in total. The number of carbonyl (C=O) groups is 3. The maximum absolute atomic E-state index is 13.1.